The molecule has 7 nitrogen and oxygen atoms in total. The molecule has 0 aromatic carbocycles. The molecule has 2 aromatic rings. The van der Waals surface area contributed by atoms with Gasteiger partial charge in [0.15, 0.2) is 0 Å². The first-order valence-electron chi connectivity index (χ1n) is 7.34. The van der Waals surface area contributed by atoms with E-state index in [9.17, 15) is 0 Å². The number of rotatable bonds is 5. The van der Waals surface area contributed by atoms with Gasteiger partial charge in [0.1, 0.15) is 5.82 Å². The third-order valence-electron chi connectivity index (χ3n) is 3.91. The highest BCUT2D eigenvalue weighted by atomic mass is 16.5. The van der Waals surface area contributed by atoms with Crippen molar-refractivity contribution in [3.05, 3.63) is 36.5 Å². The number of likely N-dealkylation sites (N-methyl/N-ethyl adjacent to an activating group) is 1. The molecule has 1 atom stereocenters. The Hall–Kier alpha value is -2.28. The molecule has 1 aliphatic heterocycles. The van der Waals surface area contributed by atoms with Crippen LogP contribution >= 0.6 is 0 Å². The maximum absolute atomic E-state index is 5.16. The minimum absolute atomic E-state index is 0.443. The van der Waals surface area contributed by atoms with Crippen LogP contribution in [0.1, 0.15) is 12.2 Å². The Morgan fingerprint density at radius 3 is 2.86 bits per heavy atom. The zero-order valence-electron chi connectivity index (χ0n) is 12.9. The van der Waals surface area contributed by atoms with Crippen LogP contribution in [0.25, 0.3) is 0 Å². The number of aromatic nitrogens is 4. The van der Waals surface area contributed by atoms with Gasteiger partial charge in [-0.15, -0.1) is 0 Å². The molecule has 0 spiro atoms. The lowest BCUT2D eigenvalue weighted by molar-refractivity contribution is 0.244. The van der Waals surface area contributed by atoms with Gasteiger partial charge in [-0.3, -0.25) is 4.90 Å². The van der Waals surface area contributed by atoms with Crippen molar-refractivity contribution >= 4 is 5.95 Å². The zero-order chi connectivity index (χ0) is 15.4. The first-order chi connectivity index (χ1) is 10.8. The fraction of sp³-hybridized carbons (Fsp3) is 0.467. The van der Waals surface area contributed by atoms with Gasteiger partial charge in [-0.25, -0.2) is 15.0 Å². The van der Waals surface area contributed by atoms with Gasteiger partial charge in [-0.2, -0.15) is 4.98 Å². The molecule has 7 heteroatoms. The van der Waals surface area contributed by atoms with Crippen molar-refractivity contribution in [3.8, 4) is 5.88 Å². The van der Waals surface area contributed by atoms with E-state index in [4.69, 9.17) is 4.74 Å². The lowest BCUT2D eigenvalue weighted by atomic mass is 10.2. The number of ether oxygens (including phenoxy) is 1. The summed E-state index contributed by atoms with van der Waals surface area (Å²) in [5.74, 6) is 2.17. The molecule has 0 radical (unpaired) electrons. The fourth-order valence-electron chi connectivity index (χ4n) is 2.65. The lowest BCUT2D eigenvalue weighted by Gasteiger charge is -2.23. The van der Waals surface area contributed by atoms with Gasteiger partial charge >= 0.3 is 0 Å². The van der Waals surface area contributed by atoms with Crippen LogP contribution in [-0.2, 0) is 6.54 Å². The second-order valence-electron chi connectivity index (χ2n) is 5.37. The molecule has 0 N–H and O–H groups in total. The Labute approximate surface area is 130 Å². The highest BCUT2D eigenvalue weighted by molar-refractivity contribution is 5.34. The van der Waals surface area contributed by atoms with Gasteiger partial charge in [-0.05, 0) is 19.5 Å². The SMILES string of the molecule is COc1ccnc(N2CCC(N(C)Cc3ncccn3)C2)n1. The Morgan fingerprint density at radius 1 is 1.27 bits per heavy atom. The average molecular weight is 300 g/mol. The molecule has 1 aliphatic rings. The molecule has 0 bridgehead atoms. The van der Waals surface area contributed by atoms with Crippen LogP contribution in [0.2, 0.25) is 0 Å². The summed E-state index contributed by atoms with van der Waals surface area (Å²) in [7, 11) is 3.73. The van der Waals surface area contributed by atoms with Crippen molar-refractivity contribution in [2.45, 2.75) is 19.0 Å². The molecule has 0 saturated carbocycles. The van der Waals surface area contributed by atoms with Crippen LogP contribution in [0.15, 0.2) is 30.7 Å². The standard InChI is InChI=1S/C15H20N6O/c1-20(11-13-16-6-3-7-17-13)12-5-9-21(10-12)15-18-8-4-14(19-15)22-2/h3-4,6-8,12H,5,9-11H2,1-2H3. The van der Waals surface area contributed by atoms with Crippen LogP contribution in [-0.4, -0.2) is 58.1 Å². The van der Waals surface area contributed by atoms with E-state index in [1.807, 2.05) is 6.07 Å². The first kappa shape index (κ1) is 14.6. The third kappa shape index (κ3) is 3.30. The van der Waals surface area contributed by atoms with E-state index in [2.05, 4.69) is 36.8 Å². The highest BCUT2D eigenvalue weighted by Gasteiger charge is 2.27. The van der Waals surface area contributed by atoms with E-state index >= 15 is 0 Å². The van der Waals surface area contributed by atoms with E-state index in [0.717, 1.165) is 37.8 Å². The topological polar surface area (TPSA) is 67.3 Å². The molecule has 22 heavy (non-hydrogen) atoms. The second-order valence-corrected chi connectivity index (χ2v) is 5.37. The van der Waals surface area contributed by atoms with E-state index < -0.39 is 0 Å². The van der Waals surface area contributed by atoms with Crippen LogP contribution in [0.4, 0.5) is 5.95 Å². The molecule has 3 rings (SSSR count). The second kappa shape index (κ2) is 6.65. The summed E-state index contributed by atoms with van der Waals surface area (Å²) in [5, 5.41) is 0. The van der Waals surface area contributed by atoms with Crippen molar-refractivity contribution in [2.75, 3.05) is 32.1 Å². The van der Waals surface area contributed by atoms with E-state index in [0.29, 0.717) is 11.9 Å². The highest BCUT2D eigenvalue weighted by Crippen LogP contribution is 2.21. The summed E-state index contributed by atoms with van der Waals surface area (Å²) in [6.07, 6.45) is 6.36. The van der Waals surface area contributed by atoms with Gasteiger partial charge in [0.25, 0.3) is 0 Å². The van der Waals surface area contributed by atoms with Gasteiger partial charge in [-0.1, -0.05) is 0 Å². The molecule has 0 aliphatic carbocycles. The summed E-state index contributed by atoms with van der Waals surface area (Å²) in [6, 6.07) is 4.04. The van der Waals surface area contributed by atoms with Crippen molar-refractivity contribution in [1.82, 2.24) is 24.8 Å². The summed E-state index contributed by atoms with van der Waals surface area (Å²) in [4.78, 5) is 21.8. The van der Waals surface area contributed by atoms with Crippen LogP contribution < -0.4 is 9.64 Å². The third-order valence-corrected chi connectivity index (χ3v) is 3.91. The molecular formula is C15H20N6O. The average Bonchev–Trinajstić information content (AvgIpc) is 3.06. The van der Waals surface area contributed by atoms with Crippen molar-refractivity contribution in [3.63, 3.8) is 0 Å². The maximum atomic E-state index is 5.16. The van der Waals surface area contributed by atoms with Gasteiger partial charge in [0, 0.05) is 43.8 Å². The van der Waals surface area contributed by atoms with E-state index in [-0.39, 0.29) is 0 Å². The monoisotopic (exact) mass is 300 g/mol. The van der Waals surface area contributed by atoms with Crippen molar-refractivity contribution in [1.29, 1.82) is 0 Å². The number of nitrogens with zero attached hydrogens (tertiary/aromatic N) is 6. The number of methoxy groups -OCH3 is 1. The summed E-state index contributed by atoms with van der Waals surface area (Å²) < 4.78 is 5.16. The van der Waals surface area contributed by atoms with Crippen LogP contribution in [0, 0.1) is 0 Å². The Balaban J connectivity index is 1.61. The number of anilines is 1. The van der Waals surface area contributed by atoms with E-state index in [1.54, 1.807) is 31.8 Å². The van der Waals surface area contributed by atoms with Crippen LogP contribution in [0.3, 0.4) is 0 Å². The summed E-state index contributed by atoms with van der Waals surface area (Å²) in [5.41, 5.74) is 0. The summed E-state index contributed by atoms with van der Waals surface area (Å²) in [6.45, 7) is 2.59. The Kier molecular flexibility index (Phi) is 4.43. The minimum Gasteiger partial charge on any atom is -0.481 e. The van der Waals surface area contributed by atoms with Gasteiger partial charge in [0.05, 0.1) is 13.7 Å². The minimum atomic E-state index is 0.443. The summed E-state index contributed by atoms with van der Waals surface area (Å²) >= 11 is 0. The Bertz CT molecular complexity index is 608. The van der Waals surface area contributed by atoms with Crippen molar-refractivity contribution < 1.29 is 4.74 Å². The zero-order valence-corrected chi connectivity index (χ0v) is 12.9. The molecule has 1 unspecified atom stereocenters. The molecule has 1 fully saturated rings. The number of hydrogen-bond acceptors (Lipinski definition) is 7. The Morgan fingerprint density at radius 2 is 2.09 bits per heavy atom. The number of hydrogen-bond donors (Lipinski definition) is 0. The molecule has 1 saturated heterocycles. The normalized spacial score (nSPS) is 18.0. The quantitative estimate of drug-likeness (QED) is 0.815. The van der Waals surface area contributed by atoms with Crippen molar-refractivity contribution in [2.24, 2.45) is 0 Å². The molecule has 3 heterocycles. The lowest BCUT2D eigenvalue weighted by Crippen LogP contribution is -2.35. The molecular weight excluding hydrogens is 280 g/mol. The van der Waals surface area contributed by atoms with E-state index in [1.165, 1.54) is 0 Å². The smallest absolute Gasteiger partial charge is 0.228 e. The van der Waals surface area contributed by atoms with Gasteiger partial charge in [0.2, 0.25) is 11.8 Å². The predicted molar refractivity (Wildman–Crippen MR) is 82.7 cm³/mol. The largest absolute Gasteiger partial charge is 0.481 e. The van der Waals surface area contributed by atoms with Gasteiger partial charge < -0.3 is 9.64 Å². The molecule has 2 aromatic heterocycles. The maximum Gasteiger partial charge on any atom is 0.228 e. The molecule has 116 valence electrons. The molecule has 0 amide bonds. The predicted octanol–water partition coefficient (Wildman–Crippen LogP) is 0.986. The fourth-order valence-corrected chi connectivity index (χ4v) is 2.65. The first-order valence-corrected chi connectivity index (χ1v) is 7.34. The van der Waals surface area contributed by atoms with Crippen LogP contribution in [0.5, 0.6) is 5.88 Å².